The molecule has 0 saturated heterocycles. The zero-order valence-corrected chi connectivity index (χ0v) is 14.0. The zero-order valence-electron chi connectivity index (χ0n) is 12.5. The minimum Gasteiger partial charge on any atom is -0.299 e. The van der Waals surface area contributed by atoms with Crippen LogP contribution in [0.4, 0.5) is 0 Å². The molecule has 1 aromatic carbocycles. The van der Waals surface area contributed by atoms with Crippen molar-refractivity contribution < 1.29 is 0 Å². The molecule has 19 heavy (non-hydrogen) atoms. The van der Waals surface area contributed by atoms with E-state index in [1.54, 1.807) is 5.56 Å². The van der Waals surface area contributed by atoms with Gasteiger partial charge in [-0.15, -0.1) is 0 Å². The third kappa shape index (κ3) is 4.06. The van der Waals surface area contributed by atoms with Gasteiger partial charge in [0.25, 0.3) is 0 Å². The summed E-state index contributed by atoms with van der Waals surface area (Å²) in [5, 5.41) is 1.09. The van der Waals surface area contributed by atoms with Crippen molar-refractivity contribution in [1.82, 2.24) is 4.90 Å². The van der Waals surface area contributed by atoms with Gasteiger partial charge in [-0.1, -0.05) is 61.0 Å². The van der Waals surface area contributed by atoms with Gasteiger partial charge in [0.15, 0.2) is 0 Å². The molecule has 106 valence electrons. The fraction of sp³-hybridized carbons (Fsp3) is 0.647. The summed E-state index contributed by atoms with van der Waals surface area (Å²) in [7, 11) is 0. The van der Waals surface area contributed by atoms with E-state index in [9.17, 15) is 0 Å². The molecule has 1 atom stereocenters. The predicted molar refractivity (Wildman–Crippen MR) is 86.8 cm³/mol. The predicted octanol–water partition coefficient (Wildman–Crippen LogP) is 4.49. The second kappa shape index (κ2) is 6.41. The molecule has 2 rings (SSSR count). The van der Waals surface area contributed by atoms with Crippen molar-refractivity contribution in [3.05, 3.63) is 35.4 Å². The Hall–Kier alpha value is -0.340. The molecule has 1 nitrogen and oxygen atoms in total. The number of fused-ring (bicyclic) bond motifs is 1. The summed E-state index contributed by atoms with van der Waals surface area (Å²) < 4.78 is 0. The highest BCUT2D eigenvalue weighted by molar-refractivity contribution is 9.09. The SMILES string of the molecule is CC(C)(C)C(CBr)CN1CCCc2ccccc2C1. The van der Waals surface area contributed by atoms with E-state index in [-0.39, 0.29) is 0 Å². The molecular formula is C17H26BrN. The molecule has 0 radical (unpaired) electrons. The third-order valence-corrected chi connectivity index (χ3v) is 5.10. The average molecular weight is 324 g/mol. The highest BCUT2D eigenvalue weighted by atomic mass is 79.9. The van der Waals surface area contributed by atoms with E-state index < -0.39 is 0 Å². The van der Waals surface area contributed by atoms with E-state index in [2.05, 4.69) is 65.9 Å². The number of hydrogen-bond donors (Lipinski definition) is 0. The maximum atomic E-state index is 3.70. The number of rotatable bonds is 3. The molecule has 1 aromatic rings. The Morgan fingerprint density at radius 3 is 2.53 bits per heavy atom. The molecule has 0 aliphatic carbocycles. The van der Waals surface area contributed by atoms with Gasteiger partial charge >= 0.3 is 0 Å². The van der Waals surface area contributed by atoms with Crippen molar-refractivity contribution in [2.24, 2.45) is 11.3 Å². The molecule has 0 saturated carbocycles. The number of benzene rings is 1. The lowest BCUT2D eigenvalue weighted by atomic mass is 9.81. The van der Waals surface area contributed by atoms with Gasteiger partial charge in [-0.3, -0.25) is 4.90 Å². The van der Waals surface area contributed by atoms with Gasteiger partial charge in [0.1, 0.15) is 0 Å². The summed E-state index contributed by atoms with van der Waals surface area (Å²) in [5.74, 6) is 0.706. The Kier molecular flexibility index (Phi) is 5.08. The van der Waals surface area contributed by atoms with Crippen molar-refractivity contribution in [2.45, 2.75) is 40.2 Å². The first-order valence-electron chi connectivity index (χ1n) is 7.36. The Labute approximate surface area is 126 Å². The summed E-state index contributed by atoms with van der Waals surface area (Å²) in [4.78, 5) is 2.64. The topological polar surface area (TPSA) is 3.24 Å². The van der Waals surface area contributed by atoms with Gasteiger partial charge in [0.2, 0.25) is 0 Å². The van der Waals surface area contributed by atoms with Gasteiger partial charge in [0, 0.05) is 18.4 Å². The standard InChI is InChI=1S/C17H26BrN/c1-17(2,3)16(11-18)13-19-10-6-9-14-7-4-5-8-15(14)12-19/h4-5,7-8,16H,6,9-13H2,1-3H3. The normalized spacial score (nSPS) is 18.7. The summed E-state index contributed by atoms with van der Waals surface area (Å²) in [5.41, 5.74) is 3.45. The van der Waals surface area contributed by atoms with Crippen LogP contribution in [0.3, 0.4) is 0 Å². The molecule has 0 bridgehead atoms. The van der Waals surface area contributed by atoms with Crippen LogP contribution in [0.25, 0.3) is 0 Å². The molecule has 0 amide bonds. The van der Waals surface area contributed by atoms with Gasteiger partial charge < -0.3 is 0 Å². The molecular weight excluding hydrogens is 298 g/mol. The number of halogens is 1. The first-order valence-corrected chi connectivity index (χ1v) is 8.48. The summed E-state index contributed by atoms with van der Waals surface area (Å²) in [6.07, 6.45) is 2.53. The number of aryl methyl sites for hydroxylation is 1. The molecule has 0 N–H and O–H groups in total. The minimum atomic E-state index is 0.370. The molecule has 1 aliphatic heterocycles. The lowest BCUT2D eigenvalue weighted by Gasteiger charge is -2.34. The van der Waals surface area contributed by atoms with Crippen LogP contribution in [0.2, 0.25) is 0 Å². The fourth-order valence-corrected chi connectivity index (χ4v) is 3.97. The Balaban J connectivity index is 2.06. The maximum absolute atomic E-state index is 3.70. The maximum Gasteiger partial charge on any atom is 0.0236 e. The first-order chi connectivity index (χ1) is 9.00. The second-order valence-corrected chi connectivity index (χ2v) is 7.47. The summed E-state index contributed by atoms with van der Waals surface area (Å²) in [6, 6.07) is 8.94. The summed E-state index contributed by atoms with van der Waals surface area (Å²) in [6.45, 7) is 10.6. The van der Waals surface area contributed by atoms with Crippen LogP contribution in [-0.4, -0.2) is 23.3 Å². The summed E-state index contributed by atoms with van der Waals surface area (Å²) >= 11 is 3.70. The number of alkyl halides is 1. The van der Waals surface area contributed by atoms with E-state index >= 15 is 0 Å². The van der Waals surface area contributed by atoms with Crippen molar-refractivity contribution in [1.29, 1.82) is 0 Å². The molecule has 0 spiro atoms. The van der Waals surface area contributed by atoms with Crippen LogP contribution in [0, 0.1) is 11.3 Å². The van der Waals surface area contributed by atoms with Gasteiger partial charge in [0.05, 0.1) is 0 Å². The lowest BCUT2D eigenvalue weighted by molar-refractivity contribution is 0.161. The number of nitrogens with zero attached hydrogens (tertiary/aromatic N) is 1. The number of hydrogen-bond acceptors (Lipinski definition) is 1. The van der Waals surface area contributed by atoms with Crippen molar-refractivity contribution in [2.75, 3.05) is 18.4 Å². The van der Waals surface area contributed by atoms with Crippen molar-refractivity contribution in [3.63, 3.8) is 0 Å². The van der Waals surface area contributed by atoms with Crippen LogP contribution in [0.15, 0.2) is 24.3 Å². The van der Waals surface area contributed by atoms with Crippen LogP contribution in [0.5, 0.6) is 0 Å². The van der Waals surface area contributed by atoms with Gasteiger partial charge in [-0.05, 0) is 41.8 Å². The van der Waals surface area contributed by atoms with Crippen LogP contribution >= 0.6 is 15.9 Å². The molecule has 1 aliphatic rings. The van der Waals surface area contributed by atoms with E-state index in [1.807, 2.05) is 0 Å². The largest absolute Gasteiger partial charge is 0.299 e. The average Bonchev–Trinajstić information content (AvgIpc) is 2.56. The van der Waals surface area contributed by atoms with E-state index in [0.29, 0.717) is 11.3 Å². The Bertz CT molecular complexity index is 408. The molecule has 1 heterocycles. The highest BCUT2D eigenvalue weighted by Crippen LogP contribution is 2.29. The van der Waals surface area contributed by atoms with E-state index in [0.717, 1.165) is 11.9 Å². The monoisotopic (exact) mass is 323 g/mol. The van der Waals surface area contributed by atoms with E-state index in [1.165, 1.54) is 31.5 Å². The molecule has 1 unspecified atom stereocenters. The Morgan fingerprint density at radius 2 is 1.89 bits per heavy atom. The van der Waals surface area contributed by atoms with E-state index in [4.69, 9.17) is 0 Å². The minimum absolute atomic E-state index is 0.370. The van der Waals surface area contributed by atoms with Crippen molar-refractivity contribution >= 4 is 15.9 Å². The molecule has 0 aromatic heterocycles. The van der Waals surface area contributed by atoms with Crippen molar-refractivity contribution in [3.8, 4) is 0 Å². The van der Waals surface area contributed by atoms with Gasteiger partial charge in [-0.2, -0.15) is 0 Å². The Morgan fingerprint density at radius 1 is 1.21 bits per heavy atom. The first kappa shape index (κ1) is 15.1. The lowest BCUT2D eigenvalue weighted by Crippen LogP contribution is -2.36. The van der Waals surface area contributed by atoms with Gasteiger partial charge in [-0.25, -0.2) is 0 Å². The fourth-order valence-electron chi connectivity index (χ4n) is 2.79. The smallest absolute Gasteiger partial charge is 0.0236 e. The van der Waals surface area contributed by atoms with Crippen LogP contribution < -0.4 is 0 Å². The third-order valence-electron chi connectivity index (χ3n) is 4.32. The molecule has 0 fully saturated rings. The second-order valence-electron chi connectivity index (χ2n) is 6.82. The zero-order chi connectivity index (χ0) is 13.9. The highest BCUT2D eigenvalue weighted by Gasteiger charge is 2.26. The molecule has 2 heteroatoms. The van der Waals surface area contributed by atoms with Crippen LogP contribution in [0.1, 0.15) is 38.3 Å². The quantitative estimate of drug-likeness (QED) is 0.741. The van der Waals surface area contributed by atoms with Crippen LogP contribution in [-0.2, 0) is 13.0 Å².